The minimum absolute atomic E-state index is 0.0198. The number of aromatic nitrogens is 1. The summed E-state index contributed by atoms with van der Waals surface area (Å²) in [5.74, 6) is -0.899. The number of methoxy groups -OCH3 is 2. The van der Waals surface area contributed by atoms with Gasteiger partial charge in [0.15, 0.2) is 6.61 Å². The maximum atomic E-state index is 12.5. The summed E-state index contributed by atoms with van der Waals surface area (Å²) in [5, 5.41) is 9.88. The van der Waals surface area contributed by atoms with Gasteiger partial charge in [-0.3, -0.25) is 4.79 Å². The normalized spacial score (nSPS) is 10.7. The van der Waals surface area contributed by atoms with Crippen LogP contribution in [0.4, 0.5) is 0 Å². The van der Waals surface area contributed by atoms with Crippen molar-refractivity contribution in [2.45, 2.75) is 26.8 Å². The standard InChI is InChI=1S/C20H25NO6/c1-13-10-17(14(2)21(13)8-5-9-25-3)19(23)12-27-20(24)16-7-6-15(26-4)11-18(16)22/h6-7,10-11,22H,5,8-9,12H2,1-4H3. The topological polar surface area (TPSA) is 87.0 Å². The van der Waals surface area contributed by atoms with Crippen LogP contribution < -0.4 is 4.74 Å². The highest BCUT2D eigenvalue weighted by molar-refractivity contribution is 6.01. The zero-order valence-electron chi connectivity index (χ0n) is 16.1. The number of ether oxygens (including phenoxy) is 3. The minimum atomic E-state index is -0.766. The summed E-state index contributed by atoms with van der Waals surface area (Å²) in [6.07, 6.45) is 0.840. The third-order valence-corrected chi connectivity index (χ3v) is 4.36. The van der Waals surface area contributed by atoms with Crippen molar-refractivity contribution in [1.82, 2.24) is 4.57 Å². The number of ketones is 1. The molecular formula is C20H25NO6. The van der Waals surface area contributed by atoms with E-state index in [1.165, 1.54) is 25.3 Å². The second-order valence-electron chi connectivity index (χ2n) is 6.17. The maximum absolute atomic E-state index is 12.5. The summed E-state index contributed by atoms with van der Waals surface area (Å²) in [6.45, 7) is 4.79. The number of aromatic hydroxyl groups is 1. The fourth-order valence-corrected chi connectivity index (χ4v) is 2.89. The molecule has 146 valence electrons. The van der Waals surface area contributed by atoms with Gasteiger partial charge in [-0.05, 0) is 38.5 Å². The number of benzene rings is 1. The first-order valence-electron chi connectivity index (χ1n) is 8.62. The van der Waals surface area contributed by atoms with E-state index >= 15 is 0 Å². The number of phenolic OH excluding ortho intramolecular Hbond substituents is 1. The van der Waals surface area contributed by atoms with Crippen molar-refractivity contribution < 1.29 is 28.9 Å². The van der Waals surface area contributed by atoms with Crippen LogP contribution in [0.5, 0.6) is 11.5 Å². The highest BCUT2D eigenvalue weighted by atomic mass is 16.5. The highest BCUT2D eigenvalue weighted by Gasteiger charge is 2.19. The number of hydrogen-bond donors (Lipinski definition) is 1. The van der Waals surface area contributed by atoms with Gasteiger partial charge in [0.25, 0.3) is 0 Å². The molecule has 0 radical (unpaired) electrons. The van der Waals surface area contributed by atoms with Gasteiger partial charge in [-0.25, -0.2) is 4.79 Å². The summed E-state index contributed by atoms with van der Waals surface area (Å²) in [5.41, 5.74) is 2.30. The SMILES string of the molecule is COCCCn1c(C)cc(C(=O)COC(=O)c2ccc(OC)cc2O)c1C. The van der Waals surface area contributed by atoms with Gasteiger partial charge in [0.2, 0.25) is 5.78 Å². The Morgan fingerprint density at radius 3 is 2.48 bits per heavy atom. The summed E-state index contributed by atoms with van der Waals surface area (Å²) in [7, 11) is 3.11. The Labute approximate surface area is 158 Å². The van der Waals surface area contributed by atoms with Gasteiger partial charge in [-0.15, -0.1) is 0 Å². The number of Topliss-reactive ketones (excluding diaryl/α,β-unsaturated/α-hetero) is 1. The maximum Gasteiger partial charge on any atom is 0.342 e. The van der Waals surface area contributed by atoms with Gasteiger partial charge in [0.05, 0.1) is 7.11 Å². The monoisotopic (exact) mass is 375 g/mol. The number of carbonyl (C=O) groups excluding carboxylic acids is 2. The second-order valence-corrected chi connectivity index (χ2v) is 6.17. The second kappa shape index (κ2) is 9.23. The van der Waals surface area contributed by atoms with Crippen LogP contribution in [0.1, 0.15) is 38.5 Å². The molecule has 1 N–H and O–H groups in total. The number of aryl methyl sites for hydroxylation is 1. The first-order chi connectivity index (χ1) is 12.9. The smallest absolute Gasteiger partial charge is 0.342 e. The van der Waals surface area contributed by atoms with Crippen molar-refractivity contribution in [2.75, 3.05) is 27.4 Å². The van der Waals surface area contributed by atoms with Crippen molar-refractivity contribution in [3.63, 3.8) is 0 Å². The molecule has 0 aliphatic carbocycles. The number of hydrogen-bond acceptors (Lipinski definition) is 6. The van der Waals surface area contributed by atoms with Crippen LogP contribution in [0.2, 0.25) is 0 Å². The van der Waals surface area contributed by atoms with E-state index in [4.69, 9.17) is 14.2 Å². The zero-order chi connectivity index (χ0) is 20.0. The minimum Gasteiger partial charge on any atom is -0.507 e. The molecule has 7 nitrogen and oxygen atoms in total. The van der Waals surface area contributed by atoms with Gasteiger partial charge in [-0.1, -0.05) is 0 Å². The van der Waals surface area contributed by atoms with Gasteiger partial charge >= 0.3 is 5.97 Å². The molecule has 0 aliphatic rings. The molecule has 0 fully saturated rings. The number of nitrogens with zero attached hydrogens (tertiary/aromatic N) is 1. The van der Waals surface area contributed by atoms with E-state index in [0.717, 1.165) is 24.4 Å². The van der Waals surface area contributed by atoms with Crippen LogP contribution in [0, 0.1) is 13.8 Å². The van der Waals surface area contributed by atoms with Crippen LogP contribution in [0.15, 0.2) is 24.3 Å². The molecule has 27 heavy (non-hydrogen) atoms. The summed E-state index contributed by atoms with van der Waals surface area (Å²) in [6, 6.07) is 6.03. The Morgan fingerprint density at radius 2 is 1.85 bits per heavy atom. The molecule has 0 amide bonds. The van der Waals surface area contributed by atoms with E-state index in [1.54, 1.807) is 13.2 Å². The lowest BCUT2D eigenvalue weighted by Gasteiger charge is -2.10. The van der Waals surface area contributed by atoms with Gasteiger partial charge in [0.1, 0.15) is 17.1 Å². The van der Waals surface area contributed by atoms with Crippen LogP contribution >= 0.6 is 0 Å². The van der Waals surface area contributed by atoms with Crippen LogP contribution in [-0.4, -0.2) is 48.9 Å². The number of esters is 1. The Hall–Kier alpha value is -2.80. The molecule has 0 spiro atoms. The van der Waals surface area contributed by atoms with Gasteiger partial charge in [-0.2, -0.15) is 0 Å². The molecule has 2 aromatic rings. The lowest BCUT2D eigenvalue weighted by molar-refractivity contribution is 0.0471. The van der Waals surface area contributed by atoms with Gasteiger partial charge < -0.3 is 23.9 Å². The largest absolute Gasteiger partial charge is 0.507 e. The molecule has 1 aromatic carbocycles. The lowest BCUT2D eigenvalue weighted by atomic mass is 10.1. The van der Waals surface area contributed by atoms with Crippen molar-refractivity contribution in [3.8, 4) is 11.5 Å². The molecule has 0 bridgehead atoms. The Morgan fingerprint density at radius 1 is 1.11 bits per heavy atom. The van der Waals surface area contributed by atoms with Crippen molar-refractivity contribution in [2.24, 2.45) is 0 Å². The average Bonchev–Trinajstić information content (AvgIpc) is 2.94. The molecule has 0 atom stereocenters. The molecule has 0 unspecified atom stereocenters. The number of phenols is 1. The molecule has 1 aromatic heterocycles. The molecule has 0 saturated carbocycles. The Bertz CT molecular complexity index is 824. The predicted octanol–water partition coefficient (Wildman–Crippen LogP) is 2.90. The molecule has 7 heteroatoms. The first-order valence-corrected chi connectivity index (χ1v) is 8.62. The lowest BCUT2D eigenvalue weighted by Crippen LogP contribution is -2.15. The van der Waals surface area contributed by atoms with E-state index in [9.17, 15) is 14.7 Å². The van der Waals surface area contributed by atoms with Crippen molar-refractivity contribution >= 4 is 11.8 Å². The van der Waals surface area contributed by atoms with E-state index in [1.807, 2.05) is 18.4 Å². The average molecular weight is 375 g/mol. The fraction of sp³-hybridized carbons (Fsp3) is 0.400. The Kier molecular flexibility index (Phi) is 7.01. The fourth-order valence-electron chi connectivity index (χ4n) is 2.89. The Balaban J connectivity index is 2.03. The van der Waals surface area contributed by atoms with Crippen LogP contribution in [-0.2, 0) is 16.0 Å². The summed E-state index contributed by atoms with van der Waals surface area (Å²) in [4.78, 5) is 24.6. The predicted molar refractivity (Wildman–Crippen MR) is 99.7 cm³/mol. The van der Waals surface area contributed by atoms with Crippen LogP contribution in [0.25, 0.3) is 0 Å². The van der Waals surface area contributed by atoms with E-state index in [0.29, 0.717) is 17.9 Å². The third-order valence-electron chi connectivity index (χ3n) is 4.36. The molecular weight excluding hydrogens is 350 g/mol. The summed E-state index contributed by atoms with van der Waals surface area (Å²) < 4.78 is 17.2. The van der Waals surface area contributed by atoms with Crippen molar-refractivity contribution in [1.29, 1.82) is 0 Å². The van der Waals surface area contributed by atoms with Gasteiger partial charge in [0, 0.05) is 43.3 Å². The number of rotatable bonds is 9. The molecule has 0 aliphatic heterocycles. The first kappa shape index (κ1) is 20.5. The van der Waals surface area contributed by atoms with Crippen molar-refractivity contribution in [3.05, 3.63) is 46.8 Å². The molecule has 1 heterocycles. The third kappa shape index (κ3) is 4.89. The molecule has 0 saturated heterocycles. The number of carbonyl (C=O) groups is 2. The highest BCUT2D eigenvalue weighted by Crippen LogP contribution is 2.24. The van der Waals surface area contributed by atoms with E-state index in [2.05, 4.69) is 0 Å². The van der Waals surface area contributed by atoms with Crippen LogP contribution in [0.3, 0.4) is 0 Å². The van der Waals surface area contributed by atoms with E-state index in [-0.39, 0.29) is 17.1 Å². The zero-order valence-corrected chi connectivity index (χ0v) is 16.1. The van der Waals surface area contributed by atoms with E-state index < -0.39 is 12.6 Å². The molecule has 2 rings (SSSR count). The quantitative estimate of drug-likeness (QED) is 0.412. The summed E-state index contributed by atoms with van der Waals surface area (Å²) >= 11 is 0.